The highest BCUT2D eigenvalue weighted by molar-refractivity contribution is 5.41. The van der Waals surface area contributed by atoms with E-state index < -0.39 is 4.92 Å². The molecule has 2 aromatic rings. The molecule has 0 saturated heterocycles. The Morgan fingerprint density at radius 3 is 2.67 bits per heavy atom. The smallest absolute Gasteiger partial charge is 0.272 e. The zero-order valence-electron chi connectivity index (χ0n) is 9.71. The minimum atomic E-state index is -0.433. The number of aromatic nitrogens is 2. The van der Waals surface area contributed by atoms with E-state index in [0.717, 1.165) is 5.56 Å². The minimum absolute atomic E-state index is 0.0668. The van der Waals surface area contributed by atoms with E-state index in [0.29, 0.717) is 17.9 Å². The maximum Gasteiger partial charge on any atom is 0.272 e. The van der Waals surface area contributed by atoms with Crippen LogP contribution in [-0.2, 0) is 6.54 Å². The van der Waals surface area contributed by atoms with E-state index in [4.69, 9.17) is 5.73 Å². The van der Waals surface area contributed by atoms with Gasteiger partial charge in [0, 0.05) is 17.7 Å². The molecule has 18 heavy (non-hydrogen) atoms. The number of rotatable bonds is 3. The van der Waals surface area contributed by atoms with Crippen molar-refractivity contribution in [3.63, 3.8) is 0 Å². The summed E-state index contributed by atoms with van der Waals surface area (Å²) in [4.78, 5) is 21.7. The van der Waals surface area contributed by atoms with Crippen LogP contribution in [0.3, 0.4) is 0 Å². The monoisotopic (exact) mass is 248 g/mol. The van der Waals surface area contributed by atoms with Crippen LogP contribution >= 0.6 is 0 Å². The molecule has 0 aliphatic heterocycles. The molecule has 0 spiro atoms. The van der Waals surface area contributed by atoms with Gasteiger partial charge in [-0.25, -0.2) is 4.68 Å². The van der Waals surface area contributed by atoms with E-state index >= 15 is 0 Å². The van der Waals surface area contributed by atoms with Gasteiger partial charge >= 0.3 is 0 Å². The zero-order chi connectivity index (χ0) is 13.3. The number of nitro benzene ring substituents is 1. The third kappa shape index (κ3) is 2.24. The molecular formula is C11H12N4O3. The molecule has 7 nitrogen and oxygen atoms in total. The Hall–Kier alpha value is -2.57. The first-order valence-electron chi connectivity index (χ1n) is 5.26. The molecule has 1 aromatic carbocycles. The second-order valence-corrected chi connectivity index (χ2v) is 4.01. The van der Waals surface area contributed by atoms with Crippen molar-refractivity contribution in [3.8, 4) is 0 Å². The SMILES string of the molecule is Cc1cc(Cn2[nH]c(N)cc2=O)ccc1[N+](=O)[O-]. The van der Waals surface area contributed by atoms with Crippen LogP contribution in [0.25, 0.3) is 0 Å². The molecule has 1 aromatic heterocycles. The Morgan fingerprint density at radius 2 is 2.17 bits per heavy atom. The number of nitro groups is 1. The van der Waals surface area contributed by atoms with Gasteiger partial charge < -0.3 is 5.73 Å². The maximum absolute atomic E-state index is 11.4. The van der Waals surface area contributed by atoms with Crippen molar-refractivity contribution >= 4 is 11.5 Å². The summed E-state index contributed by atoms with van der Waals surface area (Å²) in [5, 5.41) is 13.4. The topological polar surface area (TPSA) is 107 Å². The number of nitrogens with one attached hydrogen (secondary N) is 1. The molecule has 0 saturated carbocycles. The number of H-pyrrole nitrogens is 1. The Labute approximate surface area is 102 Å². The molecule has 0 aliphatic carbocycles. The normalized spacial score (nSPS) is 10.5. The van der Waals surface area contributed by atoms with Crippen molar-refractivity contribution in [2.24, 2.45) is 0 Å². The van der Waals surface area contributed by atoms with Gasteiger partial charge in [-0.2, -0.15) is 0 Å². The average Bonchev–Trinajstić information content (AvgIpc) is 2.57. The zero-order valence-corrected chi connectivity index (χ0v) is 9.71. The Kier molecular flexibility index (Phi) is 2.88. The average molecular weight is 248 g/mol. The van der Waals surface area contributed by atoms with Gasteiger partial charge in [0.1, 0.15) is 5.82 Å². The fourth-order valence-electron chi connectivity index (χ4n) is 1.77. The molecule has 3 N–H and O–H groups in total. The van der Waals surface area contributed by atoms with Crippen LogP contribution in [0, 0.1) is 17.0 Å². The lowest BCUT2D eigenvalue weighted by atomic mass is 10.1. The molecule has 0 aliphatic rings. The summed E-state index contributed by atoms with van der Waals surface area (Å²) in [5.41, 5.74) is 6.65. The third-order valence-electron chi connectivity index (χ3n) is 2.61. The van der Waals surface area contributed by atoms with E-state index in [1.54, 1.807) is 19.1 Å². The lowest BCUT2D eigenvalue weighted by Gasteiger charge is -2.04. The molecule has 2 rings (SSSR count). The number of aromatic amines is 1. The van der Waals surface area contributed by atoms with Crippen LogP contribution in [-0.4, -0.2) is 14.7 Å². The maximum atomic E-state index is 11.4. The molecule has 0 amide bonds. The van der Waals surface area contributed by atoms with Crippen molar-refractivity contribution in [1.29, 1.82) is 0 Å². The van der Waals surface area contributed by atoms with E-state index in [2.05, 4.69) is 5.10 Å². The molecule has 0 fully saturated rings. The summed E-state index contributed by atoms with van der Waals surface area (Å²) in [6.07, 6.45) is 0. The second-order valence-electron chi connectivity index (χ2n) is 4.01. The molecular weight excluding hydrogens is 236 g/mol. The molecule has 0 unspecified atom stereocenters. The fraction of sp³-hybridized carbons (Fsp3) is 0.182. The van der Waals surface area contributed by atoms with Crippen LogP contribution in [0.1, 0.15) is 11.1 Å². The number of hydrogen-bond donors (Lipinski definition) is 2. The molecule has 1 heterocycles. The van der Waals surface area contributed by atoms with E-state index in [-0.39, 0.29) is 11.2 Å². The first-order valence-corrected chi connectivity index (χ1v) is 5.26. The highest BCUT2D eigenvalue weighted by atomic mass is 16.6. The van der Waals surface area contributed by atoms with Gasteiger partial charge in [0.25, 0.3) is 11.2 Å². The number of benzene rings is 1. The summed E-state index contributed by atoms with van der Waals surface area (Å²) in [7, 11) is 0. The van der Waals surface area contributed by atoms with Gasteiger partial charge in [-0.3, -0.25) is 20.0 Å². The van der Waals surface area contributed by atoms with Crippen molar-refractivity contribution < 1.29 is 4.92 Å². The van der Waals surface area contributed by atoms with Gasteiger partial charge in [-0.15, -0.1) is 0 Å². The van der Waals surface area contributed by atoms with Crippen LogP contribution in [0.5, 0.6) is 0 Å². The summed E-state index contributed by atoms with van der Waals surface area (Å²) in [6.45, 7) is 1.96. The Morgan fingerprint density at radius 1 is 1.44 bits per heavy atom. The standard InChI is InChI=1S/C11H12N4O3/c1-7-4-8(2-3-9(7)15(17)18)6-14-11(16)5-10(12)13-14/h2-5,13H,6,12H2,1H3. The Bertz CT molecular complexity index is 657. The quantitative estimate of drug-likeness (QED) is 0.624. The lowest BCUT2D eigenvalue weighted by Crippen LogP contribution is -2.16. The fourth-order valence-corrected chi connectivity index (χ4v) is 1.77. The van der Waals surface area contributed by atoms with E-state index in [9.17, 15) is 14.9 Å². The number of aryl methyl sites for hydroxylation is 1. The predicted octanol–water partition coefficient (Wildman–Crippen LogP) is 1.02. The van der Waals surface area contributed by atoms with Crippen LogP contribution in [0.15, 0.2) is 29.1 Å². The van der Waals surface area contributed by atoms with E-state index in [1.165, 1.54) is 16.8 Å². The summed E-state index contributed by atoms with van der Waals surface area (Å²) < 4.78 is 1.34. The second kappa shape index (κ2) is 4.36. The molecule has 0 radical (unpaired) electrons. The predicted molar refractivity (Wildman–Crippen MR) is 66.4 cm³/mol. The van der Waals surface area contributed by atoms with Crippen molar-refractivity contribution in [2.75, 3.05) is 5.73 Å². The molecule has 94 valence electrons. The van der Waals surface area contributed by atoms with E-state index in [1.807, 2.05) is 0 Å². The van der Waals surface area contributed by atoms with Crippen LogP contribution in [0.2, 0.25) is 0 Å². The Balaban J connectivity index is 2.31. The molecule has 0 bridgehead atoms. The van der Waals surface area contributed by atoms with Crippen molar-refractivity contribution in [2.45, 2.75) is 13.5 Å². The minimum Gasteiger partial charge on any atom is -0.384 e. The van der Waals surface area contributed by atoms with Gasteiger partial charge in [0.05, 0.1) is 11.5 Å². The highest BCUT2D eigenvalue weighted by Crippen LogP contribution is 2.18. The number of nitrogen functional groups attached to an aromatic ring is 1. The van der Waals surface area contributed by atoms with Crippen LogP contribution < -0.4 is 11.3 Å². The summed E-state index contributed by atoms with van der Waals surface area (Å²) in [5.74, 6) is 0.290. The summed E-state index contributed by atoms with van der Waals surface area (Å²) in [6, 6.07) is 6.02. The van der Waals surface area contributed by atoms with Crippen molar-refractivity contribution in [1.82, 2.24) is 9.78 Å². The first kappa shape index (κ1) is 11.9. The van der Waals surface area contributed by atoms with Gasteiger partial charge in [-0.05, 0) is 18.6 Å². The van der Waals surface area contributed by atoms with Crippen LogP contribution in [0.4, 0.5) is 11.5 Å². The highest BCUT2D eigenvalue weighted by Gasteiger charge is 2.10. The number of nitrogens with zero attached hydrogens (tertiary/aromatic N) is 2. The number of nitrogens with two attached hydrogens (primary N) is 1. The number of anilines is 1. The largest absolute Gasteiger partial charge is 0.384 e. The van der Waals surface area contributed by atoms with Gasteiger partial charge in [0.15, 0.2) is 0 Å². The number of hydrogen-bond acceptors (Lipinski definition) is 4. The van der Waals surface area contributed by atoms with Crippen molar-refractivity contribution in [3.05, 3.63) is 55.9 Å². The lowest BCUT2D eigenvalue weighted by molar-refractivity contribution is -0.385. The summed E-state index contributed by atoms with van der Waals surface area (Å²) >= 11 is 0. The molecule has 0 atom stereocenters. The third-order valence-corrected chi connectivity index (χ3v) is 2.61. The first-order chi connectivity index (χ1) is 8.47. The van der Waals surface area contributed by atoms with Gasteiger partial charge in [-0.1, -0.05) is 6.07 Å². The van der Waals surface area contributed by atoms with Gasteiger partial charge in [0.2, 0.25) is 0 Å². The molecule has 7 heteroatoms.